The molecule has 0 amide bonds. The Morgan fingerprint density at radius 3 is 2.59 bits per heavy atom. The van der Waals surface area contributed by atoms with Crippen molar-refractivity contribution >= 4 is 0 Å². The van der Waals surface area contributed by atoms with Crippen molar-refractivity contribution in [2.75, 3.05) is 0 Å². The number of hydrogen-bond acceptors (Lipinski definition) is 4. The Morgan fingerprint density at radius 1 is 1.29 bits per heavy atom. The molecule has 1 aromatic heterocycles. The van der Waals surface area contributed by atoms with Crippen molar-refractivity contribution < 1.29 is 4.52 Å². The predicted molar refractivity (Wildman–Crippen MR) is 66.7 cm³/mol. The SMILES string of the molecule is CCCC(CCC)c1nc(CNC2CC2)no1. The summed E-state index contributed by atoms with van der Waals surface area (Å²) in [5, 5.41) is 7.46. The number of nitrogens with zero attached hydrogens (tertiary/aromatic N) is 2. The van der Waals surface area contributed by atoms with Crippen LogP contribution in [-0.4, -0.2) is 16.2 Å². The molecular weight excluding hydrogens is 214 g/mol. The first-order valence-electron chi connectivity index (χ1n) is 6.89. The Balaban J connectivity index is 1.88. The van der Waals surface area contributed by atoms with E-state index in [0.29, 0.717) is 12.0 Å². The molecule has 0 radical (unpaired) electrons. The highest BCUT2D eigenvalue weighted by Gasteiger charge is 2.22. The van der Waals surface area contributed by atoms with Gasteiger partial charge in [0.05, 0.1) is 6.54 Å². The summed E-state index contributed by atoms with van der Waals surface area (Å²) in [4.78, 5) is 4.51. The number of aromatic nitrogens is 2. The third kappa shape index (κ3) is 3.80. The van der Waals surface area contributed by atoms with Crippen LogP contribution in [0, 0.1) is 0 Å². The molecule has 96 valence electrons. The van der Waals surface area contributed by atoms with Crippen molar-refractivity contribution in [1.29, 1.82) is 0 Å². The van der Waals surface area contributed by atoms with Gasteiger partial charge in [-0.05, 0) is 25.7 Å². The smallest absolute Gasteiger partial charge is 0.229 e. The predicted octanol–water partition coefficient (Wildman–Crippen LogP) is 3.01. The molecule has 0 aliphatic heterocycles. The first kappa shape index (κ1) is 12.6. The van der Waals surface area contributed by atoms with E-state index >= 15 is 0 Å². The Bertz CT molecular complexity index is 327. The van der Waals surface area contributed by atoms with E-state index in [1.54, 1.807) is 0 Å². The molecule has 17 heavy (non-hydrogen) atoms. The van der Waals surface area contributed by atoms with Crippen LogP contribution in [0.4, 0.5) is 0 Å². The van der Waals surface area contributed by atoms with E-state index in [2.05, 4.69) is 29.3 Å². The highest BCUT2D eigenvalue weighted by molar-refractivity contribution is 4.95. The molecule has 0 bridgehead atoms. The topological polar surface area (TPSA) is 51.0 Å². The highest BCUT2D eigenvalue weighted by Crippen LogP contribution is 2.25. The number of rotatable bonds is 8. The van der Waals surface area contributed by atoms with Gasteiger partial charge in [0.15, 0.2) is 5.82 Å². The van der Waals surface area contributed by atoms with Crippen molar-refractivity contribution in [2.24, 2.45) is 0 Å². The van der Waals surface area contributed by atoms with Crippen molar-refractivity contribution in [3.05, 3.63) is 11.7 Å². The minimum atomic E-state index is 0.451. The highest BCUT2D eigenvalue weighted by atomic mass is 16.5. The molecule has 1 aliphatic rings. The molecule has 0 atom stereocenters. The first-order chi connectivity index (χ1) is 8.33. The Labute approximate surface area is 103 Å². The van der Waals surface area contributed by atoms with Gasteiger partial charge in [-0.25, -0.2) is 0 Å². The first-order valence-corrected chi connectivity index (χ1v) is 6.89. The van der Waals surface area contributed by atoms with Gasteiger partial charge in [0.25, 0.3) is 0 Å². The number of nitrogens with one attached hydrogen (secondary N) is 1. The van der Waals surface area contributed by atoms with Crippen molar-refractivity contribution in [3.63, 3.8) is 0 Å². The molecule has 1 N–H and O–H groups in total. The Kier molecular flexibility index (Phi) is 4.54. The normalized spacial score (nSPS) is 15.7. The third-order valence-electron chi connectivity index (χ3n) is 3.23. The van der Waals surface area contributed by atoms with Crippen LogP contribution in [0.5, 0.6) is 0 Å². The Morgan fingerprint density at radius 2 is 2.00 bits per heavy atom. The zero-order chi connectivity index (χ0) is 12.1. The lowest BCUT2D eigenvalue weighted by Gasteiger charge is -2.08. The molecule has 0 unspecified atom stereocenters. The lowest BCUT2D eigenvalue weighted by molar-refractivity contribution is 0.333. The van der Waals surface area contributed by atoms with Gasteiger partial charge in [-0.3, -0.25) is 0 Å². The van der Waals surface area contributed by atoms with Gasteiger partial charge in [-0.15, -0.1) is 0 Å². The van der Waals surface area contributed by atoms with Crippen LogP contribution in [0.2, 0.25) is 0 Å². The van der Waals surface area contributed by atoms with Crippen LogP contribution in [0.25, 0.3) is 0 Å². The monoisotopic (exact) mass is 237 g/mol. The summed E-state index contributed by atoms with van der Waals surface area (Å²) in [5.74, 6) is 2.09. The minimum absolute atomic E-state index is 0.451. The van der Waals surface area contributed by atoms with E-state index in [9.17, 15) is 0 Å². The standard InChI is InChI=1S/C13H23N3O/c1-3-5-10(6-4-2)13-15-12(16-17-13)9-14-11-7-8-11/h10-11,14H,3-9H2,1-2H3. The van der Waals surface area contributed by atoms with Gasteiger partial charge in [0, 0.05) is 12.0 Å². The van der Waals surface area contributed by atoms with Crippen molar-refractivity contribution in [2.45, 2.75) is 70.9 Å². The molecule has 4 nitrogen and oxygen atoms in total. The van der Waals surface area contributed by atoms with E-state index in [0.717, 1.165) is 31.1 Å². The van der Waals surface area contributed by atoms with Crippen molar-refractivity contribution in [1.82, 2.24) is 15.5 Å². The lowest BCUT2D eigenvalue weighted by atomic mass is 9.98. The summed E-state index contributed by atoms with van der Waals surface area (Å²) in [5.41, 5.74) is 0. The molecule has 1 aromatic rings. The summed E-state index contributed by atoms with van der Waals surface area (Å²) in [6, 6.07) is 0.694. The summed E-state index contributed by atoms with van der Waals surface area (Å²) < 4.78 is 5.38. The maximum absolute atomic E-state index is 5.38. The summed E-state index contributed by atoms with van der Waals surface area (Å²) >= 11 is 0. The molecule has 1 saturated carbocycles. The number of hydrogen-bond donors (Lipinski definition) is 1. The third-order valence-corrected chi connectivity index (χ3v) is 3.23. The average Bonchev–Trinajstić information content (AvgIpc) is 3.04. The average molecular weight is 237 g/mol. The minimum Gasteiger partial charge on any atom is -0.339 e. The van der Waals surface area contributed by atoms with E-state index in [1.807, 2.05) is 0 Å². The van der Waals surface area contributed by atoms with E-state index in [4.69, 9.17) is 4.52 Å². The second kappa shape index (κ2) is 6.15. The molecule has 1 aliphatic carbocycles. The maximum atomic E-state index is 5.38. The summed E-state index contributed by atoms with van der Waals surface area (Å²) in [6.45, 7) is 5.16. The molecule has 4 heteroatoms. The van der Waals surface area contributed by atoms with Crippen LogP contribution in [-0.2, 0) is 6.54 Å². The van der Waals surface area contributed by atoms with Crippen LogP contribution in [0.15, 0.2) is 4.52 Å². The maximum Gasteiger partial charge on any atom is 0.229 e. The van der Waals surface area contributed by atoms with Gasteiger partial charge in [0.2, 0.25) is 5.89 Å². The van der Waals surface area contributed by atoms with Crippen molar-refractivity contribution in [3.8, 4) is 0 Å². The second-order valence-corrected chi connectivity index (χ2v) is 4.98. The zero-order valence-electron chi connectivity index (χ0n) is 10.9. The molecule has 0 saturated heterocycles. The van der Waals surface area contributed by atoms with Gasteiger partial charge < -0.3 is 9.84 Å². The molecular formula is C13H23N3O. The molecule has 1 fully saturated rings. The van der Waals surface area contributed by atoms with Crippen LogP contribution in [0.1, 0.15) is 70.0 Å². The van der Waals surface area contributed by atoms with Crippen LogP contribution in [0.3, 0.4) is 0 Å². The Hall–Kier alpha value is -0.900. The van der Waals surface area contributed by atoms with E-state index in [1.165, 1.54) is 25.7 Å². The van der Waals surface area contributed by atoms with Gasteiger partial charge >= 0.3 is 0 Å². The van der Waals surface area contributed by atoms with E-state index in [-0.39, 0.29) is 0 Å². The van der Waals surface area contributed by atoms with Crippen LogP contribution >= 0.6 is 0 Å². The van der Waals surface area contributed by atoms with Gasteiger partial charge in [0.1, 0.15) is 0 Å². The lowest BCUT2D eigenvalue weighted by Crippen LogP contribution is -2.16. The molecule has 2 rings (SSSR count). The molecule has 0 aromatic carbocycles. The van der Waals surface area contributed by atoms with Gasteiger partial charge in [-0.2, -0.15) is 4.98 Å². The molecule has 0 spiro atoms. The fraction of sp³-hybridized carbons (Fsp3) is 0.846. The van der Waals surface area contributed by atoms with Gasteiger partial charge in [-0.1, -0.05) is 31.8 Å². The fourth-order valence-corrected chi connectivity index (χ4v) is 2.12. The fourth-order valence-electron chi connectivity index (χ4n) is 2.12. The van der Waals surface area contributed by atoms with Crippen LogP contribution < -0.4 is 5.32 Å². The summed E-state index contributed by atoms with van der Waals surface area (Å²) in [7, 11) is 0. The quantitative estimate of drug-likeness (QED) is 0.755. The second-order valence-electron chi connectivity index (χ2n) is 4.98. The van der Waals surface area contributed by atoms with E-state index < -0.39 is 0 Å². The largest absolute Gasteiger partial charge is 0.339 e. The zero-order valence-corrected chi connectivity index (χ0v) is 10.9. The molecule has 1 heterocycles. The summed E-state index contributed by atoms with van der Waals surface area (Å²) in [6.07, 6.45) is 7.21.